The van der Waals surface area contributed by atoms with Crippen molar-refractivity contribution in [1.82, 2.24) is 19.9 Å². The summed E-state index contributed by atoms with van der Waals surface area (Å²) < 4.78 is 1.48. The zero-order chi connectivity index (χ0) is 18.5. The first-order chi connectivity index (χ1) is 12.4. The van der Waals surface area contributed by atoms with Crippen molar-refractivity contribution in [2.75, 3.05) is 11.1 Å². The number of carbonyl (C=O) groups excluding carboxylic acids is 1. The zero-order valence-electron chi connectivity index (χ0n) is 14.1. The van der Waals surface area contributed by atoms with Crippen LogP contribution < -0.4 is 21.9 Å². The van der Waals surface area contributed by atoms with Crippen molar-refractivity contribution in [1.29, 1.82) is 0 Å². The van der Waals surface area contributed by atoms with Crippen LogP contribution in [0.15, 0.2) is 17.2 Å². The lowest BCUT2D eigenvalue weighted by molar-refractivity contribution is 0.0877. The number of nitrogens with two attached hydrogens (primary N) is 1. The zero-order valence-corrected chi connectivity index (χ0v) is 16.4. The highest BCUT2D eigenvalue weighted by Gasteiger charge is 2.45. The fourth-order valence-corrected chi connectivity index (χ4v) is 4.13. The van der Waals surface area contributed by atoms with Gasteiger partial charge in [-0.05, 0) is 31.7 Å². The van der Waals surface area contributed by atoms with Gasteiger partial charge in [0.15, 0.2) is 5.82 Å². The third-order valence-electron chi connectivity index (χ3n) is 4.89. The van der Waals surface area contributed by atoms with Gasteiger partial charge in [-0.2, -0.15) is 0 Å². The molecule has 4 rings (SSSR count). The number of anilines is 3. The van der Waals surface area contributed by atoms with Crippen LogP contribution in [0.2, 0.25) is 10.0 Å². The summed E-state index contributed by atoms with van der Waals surface area (Å²) in [5.41, 5.74) is 4.95. The molecule has 0 aromatic carbocycles. The minimum atomic E-state index is -0.725. The van der Waals surface area contributed by atoms with Crippen molar-refractivity contribution in [2.24, 2.45) is 0 Å². The Balaban J connectivity index is 0.00000210. The fourth-order valence-electron chi connectivity index (χ4n) is 3.70. The van der Waals surface area contributed by atoms with E-state index < -0.39 is 5.66 Å². The SMILES string of the molecule is Cl.Nc1ncnc(Nc2cc(Cl)c3n(c2=O)C2(CCCCC2)NC3=O)c1Cl. The summed E-state index contributed by atoms with van der Waals surface area (Å²) >= 11 is 12.4. The second-order valence-electron chi connectivity index (χ2n) is 6.49. The van der Waals surface area contributed by atoms with E-state index in [1.165, 1.54) is 17.0 Å². The second kappa shape index (κ2) is 7.18. The lowest BCUT2D eigenvalue weighted by Crippen LogP contribution is -2.48. The Hall–Kier alpha value is -2.03. The summed E-state index contributed by atoms with van der Waals surface area (Å²) in [4.78, 5) is 33.4. The van der Waals surface area contributed by atoms with Gasteiger partial charge in [-0.15, -0.1) is 12.4 Å². The number of pyridine rings is 1. The average Bonchev–Trinajstić information content (AvgIpc) is 2.89. The van der Waals surface area contributed by atoms with Gasteiger partial charge in [0.1, 0.15) is 34.2 Å². The normalized spacial score (nSPS) is 17.2. The predicted octanol–water partition coefficient (Wildman–Crippen LogP) is 3.05. The van der Waals surface area contributed by atoms with E-state index in [-0.39, 0.29) is 56.9 Å². The molecule has 0 atom stereocenters. The van der Waals surface area contributed by atoms with E-state index in [0.29, 0.717) is 12.8 Å². The monoisotopic (exact) mass is 430 g/mol. The highest BCUT2D eigenvalue weighted by molar-refractivity contribution is 6.35. The van der Waals surface area contributed by atoms with Crippen LogP contribution in [-0.4, -0.2) is 20.4 Å². The summed E-state index contributed by atoms with van der Waals surface area (Å²) in [6, 6.07) is 1.41. The third kappa shape index (κ3) is 3.11. The van der Waals surface area contributed by atoms with E-state index in [0.717, 1.165) is 19.3 Å². The number of nitrogens with zero attached hydrogens (tertiary/aromatic N) is 3. The summed E-state index contributed by atoms with van der Waals surface area (Å²) in [7, 11) is 0. The van der Waals surface area contributed by atoms with Gasteiger partial charge in [0.2, 0.25) is 0 Å². The largest absolute Gasteiger partial charge is 0.382 e. The van der Waals surface area contributed by atoms with Crippen LogP contribution >= 0.6 is 35.6 Å². The van der Waals surface area contributed by atoms with Gasteiger partial charge >= 0.3 is 0 Å². The van der Waals surface area contributed by atoms with Crippen molar-refractivity contribution >= 4 is 58.8 Å². The van der Waals surface area contributed by atoms with Gasteiger partial charge in [0.25, 0.3) is 11.5 Å². The number of nitrogen functional groups attached to an aromatic ring is 1. The van der Waals surface area contributed by atoms with Gasteiger partial charge in [-0.3, -0.25) is 14.2 Å². The Kier molecular flexibility index (Phi) is 5.24. The number of amides is 1. The quantitative estimate of drug-likeness (QED) is 0.673. The van der Waals surface area contributed by atoms with Crippen LogP contribution in [0.1, 0.15) is 42.6 Å². The van der Waals surface area contributed by atoms with Crippen molar-refractivity contribution < 1.29 is 4.79 Å². The number of carbonyl (C=O) groups is 1. The lowest BCUT2D eigenvalue weighted by atomic mass is 9.89. The molecule has 1 fully saturated rings. The molecule has 11 heteroatoms. The number of rotatable bonds is 2. The molecule has 2 aliphatic rings. The van der Waals surface area contributed by atoms with E-state index in [1.807, 2.05) is 0 Å². The lowest BCUT2D eigenvalue weighted by Gasteiger charge is -2.35. The Bertz CT molecular complexity index is 971. The van der Waals surface area contributed by atoms with E-state index in [2.05, 4.69) is 20.6 Å². The number of nitrogens with one attached hydrogen (secondary N) is 2. The average molecular weight is 432 g/mol. The molecule has 1 aliphatic heterocycles. The molecule has 1 spiro atoms. The first kappa shape index (κ1) is 19.7. The molecule has 0 saturated heterocycles. The molecule has 4 N–H and O–H groups in total. The maximum atomic E-state index is 13.2. The number of hydrogen-bond acceptors (Lipinski definition) is 6. The molecule has 27 heavy (non-hydrogen) atoms. The molecule has 3 heterocycles. The molecule has 1 aliphatic carbocycles. The Labute approximate surface area is 170 Å². The standard InChI is InChI=1S/C16H16Cl2N6O2.ClH/c17-8-6-9(22-13-10(18)12(19)20-7-21-13)15(26)24-11(8)14(25)23-16(24)4-2-1-3-5-16;/h6-7H,1-5H2,(H,23,25)(H3,19,20,21,22);1H. The number of fused-ring (bicyclic) bond motifs is 2. The second-order valence-corrected chi connectivity index (χ2v) is 7.27. The molecule has 2 aromatic rings. The maximum Gasteiger partial charge on any atom is 0.276 e. The summed E-state index contributed by atoms with van der Waals surface area (Å²) in [6.45, 7) is 0. The molecule has 2 aromatic heterocycles. The van der Waals surface area contributed by atoms with Crippen LogP contribution in [0.4, 0.5) is 17.3 Å². The topological polar surface area (TPSA) is 115 Å². The van der Waals surface area contributed by atoms with Crippen LogP contribution in [-0.2, 0) is 5.66 Å². The van der Waals surface area contributed by atoms with Gasteiger partial charge in [-0.25, -0.2) is 9.97 Å². The molecule has 8 nitrogen and oxygen atoms in total. The van der Waals surface area contributed by atoms with Crippen LogP contribution in [0.3, 0.4) is 0 Å². The van der Waals surface area contributed by atoms with Crippen molar-refractivity contribution in [2.45, 2.75) is 37.8 Å². The minimum Gasteiger partial charge on any atom is -0.382 e. The summed E-state index contributed by atoms with van der Waals surface area (Å²) in [5.74, 6) is -0.0372. The number of aromatic nitrogens is 3. The molecule has 0 unspecified atom stereocenters. The first-order valence-corrected chi connectivity index (χ1v) is 9.00. The minimum absolute atomic E-state index is 0. The van der Waals surface area contributed by atoms with E-state index in [1.54, 1.807) is 0 Å². The molecular weight excluding hydrogens is 415 g/mol. The molecule has 0 bridgehead atoms. The smallest absolute Gasteiger partial charge is 0.276 e. The van der Waals surface area contributed by atoms with Gasteiger partial charge in [0, 0.05) is 0 Å². The highest BCUT2D eigenvalue weighted by Crippen LogP contribution is 2.38. The van der Waals surface area contributed by atoms with Crippen molar-refractivity contribution in [3.63, 3.8) is 0 Å². The van der Waals surface area contributed by atoms with Crippen molar-refractivity contribution in [3.05, 3.63) is 38.5 Å². The molecular formula is C16H17Cl3N6O2. The maximum absolute atomic E-state index is 13.2. The van der Waals surface area contributed by atoms with Crippen LogP contribution in [0.5, 0.6) is 0 Å². The fraction of sp³-hybridized carbons (Fsp3) is 0.375. The molecule has 1 amide bonds. The first-order valence-electron chi connectivity index (χ1n) is 8.24. The van der Waals surface area contributed by atoms with Gasteiger partial charge in [-0.1, -0.05) is 29.6 Å². The predicted molar refractivity (Wildman–Crippen MR) is 106 cm³/mol. The highest BCUT2D eigenvalue weighted by atomic mass is 35.5. The number of hydrogen-bond donors (Lipinski definition) is 3. The van der Waals surface area contributed by atoms with E-state index in [4.69, 9.17) is 28.9 Å². The number of halogens is 3. The Morgan fingerprint density at radius 1 is 1.19 bits per heavy atom. The summed E-state index contributed by atoms with van der Waals surface area (Å²) in [5, 5.41) is 6.13. The molecule has 144 valence electrons. The van der Waals surface area contributed by atoms with Gasteiger partial charge in [0.05, 0.1) is 5.02 Å². The molecule has 0 radical (unpaired) electrons. The Morgan fingerprint density at radius 2 is 1.89 bits per heavy atom. The van der Waals surface area contributed by atoms with Crippen LogP contribution in [0.25, 0.3) is 0 Å². The van der Waals surface area contributed by atoms with Gasteiger partial charge < -0.3 is 16.4 Å². The third-order valence-corrected chi connectivity index (χ3v) is 5.55. The van der Waals surface area contributed by atoms with Crippen molar-refractivity contribution in [3.8, 4) is 0 Å². The van der Waals surface area contributed by atoms with Crippen LogP contribution in [0, 0.1) is 0 Å². The summed E-state index contributed by atoms with van der Waals surface area (Å²) in [6.07, 6.45) is 5.54. The molecule has 1 saturated carbocycles. The van der Waals surface area contributed by atoms with E-state index >= 15 is 0 Å². The Morgan fingerprint density at radius 3 is 2.59 bits per heavy atom. The van der Waals surface area contributed by atoms with E-state index in [9.17, 15) is 9.59 Å².